The molecule has 2 amide bonds. The van der Waals surface area contributed by atoms with E-state index in [4.69, 9.17) is 11.6 Å². The summed E-state index contributed by atoms with van der Waals surface area (Å²) >= 11 is 5.79. The van der Waals surface area contributed by atoms with Crippen molar-refractivity contribution >= 4 is 23.4 Å². The molecule has 27 heavy (non-hydrogen) atoms. The summed E-state index contributed by atoms with van der Waals surface area (Å²) < 4.78 is 53.5. The number of carbonyl (C=O) groups excluding carboxylic acids is 2. The minimum Gasteiger partial charge on any atom is -0.335 e. The van der Waals surface area contributed by atoms with Gasteiger partial charge >= 0.3 is 0 Å². The molecule has 0 spiro atoms. The number of carbonyl (C=O) groups is 2. The molecule has 1 aliphatic heterocycles. The maximum Gasteiger partial charge on any atom is 0.257 e. The van der Waals surface area contributed by atoms with Crippen molar-refractivity contribution in [3.63, 3.8) is 0 Å². The molecule has 0 aliphatic carbocycles. The molecule has 142 valence electrons. The van der Waals surface area contributed by atoms with E-state index in [-0.39, 0.29) is 42.3 Å². The lowest BCUT2D eigenvalue weighted by atomic mass is 10.1. The number of benzene rings is 2. The second-order valence-electron chi connectivity index (χ2n) is 5.96. The number of piperazine rings is 1. The maximum absolute atomic E-state index is 13.8. The summed E-state index contributed by atoms with van der Waals surface area (Å²) in [6.45, 7) is 0.353. The SMILES string of the molecule is O=C(c1cc(F)c(F)c(F)c1)N1CCN(C(=O)c2cc(Cl)ccc2F)CC1. The van der Waals surface area contributed by atoms with Crippen molar-refractivity contribution < 1.29 is 27.2 Å². The molecule has 0 unspecified atom stereocenters. The first-order chi connectivity index (χ1) is 12.8. The van der Waals surface area contributed by atoms with Crippen molar-refractivity contribution in [2.45, 2.75) is 0 Å². The maximum atomic E-state index is 13.8. The average Bonchev–Trinajstić information content (AvgIpc) is 2.66. The van der Waals surface area contributed by atoms with Crippen molar-refractivity contribution in [2.75, 3.05) is 26.2 Å². The van der Waals surface area contributed by atoms with Gasteiger partial charge in [0.05, 0.1) is 5.56 Å². The van der Waals surface area contributed by atoms with Crippen LogP contribution in [0.1, 0.15) is 20.7 Å². The van der Waals surface area contributed by atoms with Crippen LogP contribution in [0.5, 0.6) is 0 Å². The van der Waals surface area contributed by atoms with E-state index in [1.807, 2.05) is 0 Å². The normalized spacial score (nSPS) is 14.4. The summed E-state index contributed by atoms with van der Waals surface area (Å²) in [5.41, 5.74) is -0.503. The molecule has 0 radical (unpaired) electrons. The molecule has 1 aliphatic rings. The van der Waals surface area contributed by atoms with Crippen molar-refractivity contribution in [1.82, 2.24) is 9.80 Å². The molecule has 0 atom stereocenters. The number of hydrogen-bond acceptors (Lipinski definition) is 2. The standard InChI is InChI=1S/C18H13ClF4N2O2/c19-11-1-2-13(20)12(9-11)18(27)25-5-3-24(4-6-25)17(26)10-7-14(21)16(23)15(22)8-10/h1-2,7-9H,3-6H2. The zero-order valence-corrected chi connectivity index (χ0v) is 14.6. The van der Waals surface area contributed by atoms with E-state index in [0.29, 0.717) is 12.1 Å². The third-order valence-electron chi connectivity index (χ3n) is 4.24. The highest BCUT2D eigenvalue weighted by atomic mass is 35.5. The number of halogens is 5. The third-order valence-corrected chi connectivity index (χ3v) is 4.48. The first kappa shape index (κ1) is 19.2. The molecule has 0 aromatic heterocycles. The second kappa shape index (κ2) is 7.56. The van der Waals surface area contributed by atoms with E-state index < -0.39 is 35.1 Å². The van der Waals surface area contributed by atoms with Gasteiger partial charge in [-0.3, -0.25) is 9.59 Å². The van der Waals surface area contributed by atoms with Crippen LogP contribution >= 0.6 is 11.6 Å². The first-order valence-electron chi connectivity index (χ1n) is 7.96. The zero-order chi connectivity index (χ0) is 19.7. The van der Waals surface area contributed by atoms with Crippen LogP contribution < -0.4 is 0 Å². The lowest BCUT2D eigenvalue weighted by Gasteiger charge is -2.35. The number of hydrogen-bond donors (Lipinski definition) is 0. The summed E-state index contributed by atoms with van der Waals surface area (Å²) in [4.78, 5) is 27.4. The van der Waals surface area contributed by atoms with E-state index in [0.717, 1.165) is 6.07 Å². The number of nitrogens with zero attached hydrogens (tertiary/aromatic N) is 2. The first-order valence-corrected chi connectivity index (χ1v) is 8.34. The average molecular weight is 401 g/mol. The van der Waals surface area contributed by atoms with Crippen LogP contribution in [0.4, 0.5) is 17.6 Å². The molecule has 0 saturated carbocycles. The fraction of sp³-hybridized carbons (Fsp3) is 0.222. The van der Waals surface area contributed by atoms with Gasteiger partial charge in [-0.25, -0.2) is 17.6 Å². The summed E-state index contributed by atoms with van der Waals surface area (Å²) in [6.07, 6.45) is 0. The van der Waals surface area contributed by atoms with Gasteiger partial charge < -0.3 is 9.80 Å². The van der Waals surface area contributed by atoms with E-state index in [1.165, 1.54) is 21.9 Å². The fourth-order valence-corrected chi connectivity index (χ4v) is 2.98. The smallest absolute Gasteiger partial charge is 0.257 e. The molecule has 1 saturated heterocycles. The van der Waals surface area contributed by atoms with Gasteiger partial charge in [0.2, 0.25) is 0 Å². The van der Waals surface area contributed by atoms with Crippen LogP contribution in [-0.4, -0.2) is 47.8 Å². The summed E-state index contributed by atoms with van der Waals surface area (Å²) in [6, 6.07) is 4.89. The van der Waals surface area contributed by atoms with Gasteiger partial charge in [0, 0.05) is 36.8 Å². The molecule has 3 rings (SSSR count). The predicted octanol–water partition coefficient (Wildman–Crippen LogP) is 3.49. The topological polar surface area (TPSA) is 40.6 Å². The Labute approximate surface area is 156 Å². The minimum atomic E-state index is -1.65. The minimum absolute atomic E-state index is 0.0768. The highest BCUT2D eigenvalue weighted by Gasteiger charge is 2.28. The van der Waals surface area contributed by atoms with Gasteiger partial charge in [0.25, 0.3) is 11.8 Å². The fourth-order valence-electron chi connectivity index (χ4n) is 2.81. The Morgan fingerprint density at radius 2 is 1.30 bits per heavy atom. The van der Waals surface area contributed by atoms with Crippen LogP contribution in [0.25, 0.3) is 0 Å². The van der Waals surface area contributed by atoms with Gasteiger partial charge in [0.15, 0.2) is 17.5 Å². The lowest BCUT2D eigenvalue weighted by molar-refractivity contribution is 0.0532. The Hall–Kier alpha value is -2.61. The van der Waals surface area contributed by atoms with Crippen molar-refractivity contribution in [3.05, 3.63) is 69.8 Å². The van der Waals surface area contributed by atoms with Gasteiger partial charge in [-0.2, -0.15) is 0 Å². The lowest BCUT2D eigenvalue weighted by Crippen LogP contribution is -2.50. The van der Waals surface area contributed by atoms with E-state index in [9.17, 15) is 27.2 Å². The molecule has 2 aromatic carbocycles. The molecule has 1 heterocycles. The van der Waals surface area contributed by atoms with Crippen LogP contribution in [-0.2, 0) is 0 Å². The van der Waals surface area contributed by atoms with E-state index in [1.54, 1.807) is 0 Å². The van der Waals surface area contributed by atoms with E-state index >= 15 is 0 Å². The summed E-state index contributed by atoms with van der Waals surface area (Å²) in [5, 5.41) is 0.217. The van der Waals surface area contributed by atoms with Gasteiger partial charge in [-0.05, 0) is 30.3 Å². The Kier molecular flexibility index (Phi) is 5.36. The molecule has 2 aromatic rings. The van der Waals surface area contributed by atoms with E-state index in [2.05, 4.69) is 0 Å². The molecule has 0 bridgehead atoms. The van der Waals surface area contributed by atoms with Gasteiger partial charge in [0.1, 0.15) is 5.82 Å². The Balaban J connectivity index is 1.69. The number of rotatable bonds is 2. The molecular weight excluding hydrogens is 388 g/mol. The molecule has 0 N–H and O–H groups in total. The van der Waals surface area contributed by atoms with Crippen LogP contribution in [0.15, 0.2) is 30.3 Å². The molecule has 9 heteroatoms. The summed E-state index contributed by atoms with van der Waals surface area (Å²) in [7, 11) is 0. The van der Waals surface area contributed by atoms with Crippen LogP contribution in [0.2, 0.25) is 5.02 Å². The number of amides is 2. The van der Waals surface area contributed by atoms with Crippen molar-refractivity contribution in [2.24, 2.45) is 0 Å². The Morgan fingerprint density at radius 3 is 1.85 bits per heavy atom. The van der Waals surface area contributed by atoms with Crippen molar-refractivity contribution in [3.8, 4) is 0 Å². The third kappa shape index (κ3) is 3.90. The molecule has 1 fully saturated rings. The van der Waals surface area contributed by atoms with Crippen LogP contribution in [0.3, 0.4) is 0 Å². The van der Waals surface area contributed by atoms with Gasteiger partial charge in [-0.1, -0.05) is 11.6 Å². The van der Waals surface area contributed by atoms with Gasteiger partial charge in [-0.15, -0.1) is 0 Å². The second-order valence-corrected chi connectivity index (χ2v) is 6.40. The zero-order valence-electron chi connectivity index (χ0n) is 13.8. The van der Waals surface area contributed by atoms with Crippen molar-refractivity contribution in [1.29, 1.82) is 0 Å². The summed E-state index contributed by atoms with van der Waals surface area (Å²) in [5.74, 6) is -6.52. The highest BCUT2D eigenvalue weighted by Crippen LogP contribution is 2.19. The Bertz CT molecular complexity index is 891. The Morgan fingerprint density at radius 1 is 0.778 bits per heavy atom. The largest absolute Gasteiger partial charge is 0.335 e. The highest BCUT2D eigenvalue weighted by molar-refractivity contribution is 6.31. The monoisotopic (exact) mass is 400 g/mol. The predicted molar refractivity (Wildman–Crippen MR) is 89.5 cm³/mol. The molecular formula is C18H13ClF4N2O2. The molecule has 4 nitrogen and oxygen atoms in total. The van der Waals surface area contributed by atoms with Crippen LogP contribution in [0, 0.1) is 23.3 Å². The quantitative estimate of drug-likeness (QED) is 0.572.